The van der Waals surface area contributed by atoms with Gasteiger partial charge in [0, 0.05) is 24.8 Å². The third-order valence-corrected chi connectivity index (χ3v) is 3.18. The topological polar surface area (TPSA) is 59.0 Å². The van der Waals surface area contributed by atoms with Crippen molar-refractivity contribution in [1.29, 1.82) is 0 Å². The smallest absolute Gasteiger partial charge is 0.221 e. The molecule has 1 saturated carbocycles. The summed E-state index contributed by atoms with van der Waals surface area (Å²) in [5.41, 5.74) is 2.75. The monoisotopic (exact) mass is 270 g/mol. The Morgan fingerprint density at radius 2 is 2.20 bits per heavy atom. The van der Waals surface area contributed by atoms with Gasteiger partial charge in [0.1, 0.15) is 0 Å². The van der Waals surface area contributed by atoms with Crippen molar-refractivity contribution in [2.45, 2.75) is 32.7 Å². The van der Waals surface area contributed by atoms with E-state index >= 15 is 0 Å². The van der Waals surface area contributed by atoms with Crippen LogP contribution in [0.4, 0.5) is 11.6 Å². The predicted octanol–water partition coefficient (Wildman–Crippen LogP) is 2.71. The van der Waals surface area contributed by atoms with Gasteiger partial charge >= 0.3 is 0 Å². The summed E-state index contributed by atoms with van der Waals surface area (Å²) in [5, 5.41) is 6.23. The number of rotatable bonds is 4. The van der Waals surface area contributed by atoms with Gasteiger partial charge in [-0.05, 0) is 38.0 Å². The minimum absolute atomic E-state index is 0.0692. The Morgan fingerprint density at radius 1 is 1.40 bits per heavy atom. The number of hydrogen-bond donors (Lipinski definition) is 2. The molecule has 0 saturated heterocycles. The molecule has 3 rings (SSSR count). The van der Waals surface area contributed by atoms with E-state index in [1.165, 1.54) is 19.8 Å². The Hall–Kier alpha value is -2.30. The van der Waals surface area contributed by atoms with E-state index in [0.717, 1.165) is 23.0 Å². The number of benzene rings is 1. The maximum absolute atomic E-state index is 11.1. The molecule has 5 nitrogen and oxygen atoms in total. The zero-order chi connectivity index (χ0) is 14.1. The molecule has 0 aliphatic heterocycles. The molecule has 1 aliphatic rings. The molecular formula is C15H18N4O. The number of anilines is 2. The van der Waals surface area contributed by atoms with Gasteiger partial charge in [-0.3, -0.25) is 9.36 Å². The molecule has 1 heterocycles. The van der Waals surface area contributed by atoms with Gasteiger partial charge in [-0.1, -0.05) is 6.07 Å². The highest BCUT2D eigenvalue weighted by atomic mass is 16.1. The molecule has 0 spiro atoms. The van der Waals surface area contributed by atoms with Crippen LogP contribution in [0.2, 0.25) is 0 Å². The van der Waals surface area contributed by atoms with Crippen molar-refractivity contribution in [2.75, 3.05) is 10.6 Å². The lowest BCUT2D eigenvalue weighted by Gasteiger charge is -2.10. The molecule has 2 aromatic rings. The number of amides is 1. The Bertz CT molecular complexity index is 643. The van der Waals surface area contributed by atoms with Gasteiger partial charge in [0.15, 0.2) is 0 Å². The lowest BCUT2D eigenvalue weighted by atomic mass is 10.2. The van der Waals surface area contributed by atoms with Crippen molar-refractivity contribution in [2.24, 2.45) is 0 Å². The average Bonchev–Trinajstić information content (AvgIpc) is 3.11. The maximum Gasteiger partial charge on any atom is 0.221 e. The normalized spacial score (nSPS) is 14.1. The van der Waals surface area contributed by atoms with E-state index in [2.05, 4.69) is 15.6 Å². The number of hydrogen-bond acceptors (Lipinski definition) is 3. The van der Waals surface area contributed by atoms with Crippen LogP contribution in [0, 0.1) is 6.92 Å². The molecule has 0 radical (unpaired) electrons. The van der Waals surface area contributed by atoms with Crippen LogP contribution in [0.3, 0.4) is 0 Å². The summed E-state index contributed by atoms with van der Waals surface area (Å²) in [7, 11) is 0. The van der Waals surface area contributed by atoms with Crippen molar-refractivity contribution < 1.29 is 4.79 Å². The summed E-state index contributed by atoms with van der Waals surface area (Å²) in [6.07, 6.45) is 4.41. The first-order chi connectivity index (χ1) is 9.61. The third kappa shape index (κ3) is 2.82. The summed E-state index contributed by atoms with van der Waals surface area (Å²) in [6.45, 7) is 3.49. The minimum Gasteiger partial charge on any atom is -0.353 e. The van der Waals surface area contributed by atoms with Crippen LogP contribution in [0.15, 0.2) is 30.5 Å². The summed E-state index contributed by atoms with van der Waals surface area (Å²) in [6, 6.07) is 8.30. The zero-order valence-corrected chi connectivity index (χ0v) is 11.7. The van der Waals surface area contributed by atoms with Gasteiger partial charge in [0.05, 0.1) is 11.4 Å². The van der Waals surface area contributed by atoms with Gasteiger partial charge in [-0.15, -0.1) is 0 Å². The molecule has 1 amide bonds. The first-order valence-electron chi connectivity index (χ1n) is 6.82. The SMILES string of the molecule is CC(=O)Nc1cccc(-n2cc(C)nc2NC2CC2)c1. The molecule has 20 heavy (non-hydrogen) atoms. The molecule has 1 aliphatic carbocycles. The van der Waals surface area contributed by atoms with E-state index in [1.54, 1.807) is 0 Å². The van der Waals surface area contributed by atoms with Crippen LogP contribution in [-0.2, 0) is 4.79 Å². The number of carbonyl (C=O) groups is 1. The van der Waals surface area contributed by atoms with E-state index in [1.807, 2.05) is 42.0 Å². The molecular weight excluding hydrogens is 252 g/mol. The fraction of sp³-hybridized carbons (Fsp3) is 0.333. The van der Waals surface area contributed by atoms with E-state index in [4.69, 9.17) is 0 Å². The zero-order valence-electron chi connectivity index (χ0n) is 11.7. The Kier molecular flexibility index (Phi) is 3.18. The fourth-order valence-corrected chi connectivity index (χ4v) is 2.14. The van der Waals surface area contributed by atoms with Crippen LogP contribution < -0.4 is 10.6 Å². The second kappa shape index (κ2) is 5.00. The van der Waals surface area contributed by atoms with E-state index in [-0.39, 0.29) is 5.91 Å². The second-order valence-corrected chi connectivity index (χ2v) is 5.23. The van der Waals surface area contributed by atoms with Gasteiger partial charge in [0.2, 0.25) is 11.9 Å². The molecule has 0 atom stereocenters. The van der Waals surface area contributed by atoms with Crippen molar-refractivity contribution in [3.8, 4) is 5.69 Å². The highest BCUT2D eigenvalue weighted by Crippen LogP contribution is 2.26. The van der Waals surface area contributed by atoms with Crippen LogP contribution in [0.1, 0.15) is 25.5 Å². The maximum atomic E-state index is 11.1. The lowest BCUT2D eigenvalue weighted by molar-refractivity contribution is -0.114. The van der Waals surface area contributed by atoms with Gasteiger partial charge in [0.25, 0.3) is 0 Å². The number of carbonyl (C=O) groups excluding carboxylic acids is 1. The Labute approximate surface area is 118 Å². The first-order valence-corrected chi connectivity index (χ1v) is 6.82. The summed E-state index contributed by atoms with van der Waals surface area (Å²) >= 11 is 0. The molecule has 0 bridgehead atoms. The minimum atomic E-state index is -0.0692. The van der Waals surface area contributed by atoms with Gasteiger partial charge in [-0.2, -0.15) is 0 Å². The highest BCUT2D eigenvalue weighted by Gasteiger charge is 2.23. The van der Waals surface area contributed by atoms with E-state index < -0.39 is 0 Å². The van der Waals surface area contributed by atoms with Crippen LogP contribution in [0.5, 0.6) is 0 Å². The third-order valence-electron chi connectivity index (χ3n) is 3.18. The van der Waals surface area contributed by atoms with Crippen molar-refractivity contribution in [3.05, 3.63) is 36.2 Å². The van der Waals surface area contributed by atoms with Crippen LogP contribution >= 0.6 is 0 Å². The number of nitrogens with zero attached hydrogens (tertiary/aromatic N) is 2. The number of aryl methyl sites for hydroxylation is 1. The average molecular weight is 270 g/mol. The molecule has 5 heteroatoms. The number of imidazole rings is 1. The van der Waals surface area contributed by atoms with E-state index in [9.17, 15) is 4.79 Å². The van der Waals surface area contributed by atoms with Crippen LogP contribution in [-0.4, -0.2) is 21.5 Å². The summed E-state index contributed by atoms with van der Waals surface area (Å²) in [4.78, 5) is 15.7. The molecule has 2 N–H and O–H groups in total. The standard InChI is InChI=1S/C15H18N4O/c1-10-9-19(15(16-10)18-12-6-7-12)14-5-3-4-13(8-14)17-11(2)20/h3-5,8-9,12H,6-7H2,1-2H3,(H,16,18)(H,17,20). The molecule has 104 valence electrons. The van der Waals surface area contributed by atoms with Crippen molar-refractivity contribution in [3.63, 3.8) is 0 Å². The molecule has 1 fully saturated rings. The van der Waals surface area contributed by atoms with Crippen molar-refractivity contribution in [1.82, 2.24) is 9.55 Å². The quantitative estimate of drug-likeness (QED) is 0.898. The van der Waals surface area contributed by atoms with Gasteiger partial charge < -0.3 is 10.6 Å². The molecule has 1 aromatic heterocycles. The Morgan fingerprint density at radius 3 is 2.90 bits per heavy atom. The molecule has 0 unspecified atom stereocenters. The number of nitrogens with one attached hydrogen (secondary N) is 2. The van der Waals surface area contributed by atoms with Crippen LogP contribution in [0.25, 0.3) is 5.69 Å². The Balaban J connectivity index is 1.93. The summed E-state index contributed by atoms with van der Waals surface area (Å²) < 4.78 is 2.03. The predicted molar refractivity (Wildman–Crippen MR) is 79.2 cm³/mol. The lowest BCUT2D eigenvalue weighted by Crippen LogP contribution is -2.09. The van der Waals surface area contributed by atoms with E-state index in [0.29, 0.717) is 6.04 Å². The fourth-order valence-electron chi connectivity index (χ4n) is 2.14. The highest BCUT2D eigenvalue weighted by molar-refractivity contribution is 5.88. The molecule has 1 aromatic carbocycles. The first kappa shape index (κ1) is 12.7. The summed E-state index contributed by atoms with van der Waals surface area (Å²) in [5.74, 6) is 0.797. The van der Waals surface area contributed by atoms with Crippen molar-refractivity contribution >= 4 is 17.5 Å². The number of aromatic nitrogens is 2. The largest absolute Gasteiger partial charge is 0.353 e. The second-order valence-electron chi connectivity index (χ2n) is 5.23. The van der Waals surface area contributed by atoms with Gasteiger partial charge in [-0.25, -0.2) is 4.98 Å².